The third-order valence-corrected chi connectivity index (χ3v) is 4.51. The van der Waals surface area contributed by atoms with Gasteiger partial charge in [-0.1, -0.05) is 43.9 Å². The molecular formula is C15H23ClN2O3S. The van der Waals surface area contributed by atoms with Crippen LogP contribution in [0.3, 0.4) is 0 Å². The first kappa shape index (κ1) is 18.8. The summed E-state index contributed by atoms with van der Waals surface area (Å²) >= 11 is 5.89. The highest BCUT2D eigenvalue weighted by molar-refractivity contribution is 7.92. The number of nitrogens with one attached hydrogen (secondary N) is 1. The second-order valence-electron chi connectivity index (χ2n) is 5.16. The Labute approximate surface area is 137 Å². The summed E-state index contributed by atoms with van der Waals surface area (Å²) in [7, 11) is -3.56. The number of hydrogen-bond acceptors (Lipinski definition) is 3. The Morgan fingerprint density at radius 1 is 1.27 bits per heavy atom. The van der Waals surface area contributed by atoms with E-state index in [4.69, 9.17) is 11.6 Å². The van der Waals surface area contributed by atoms with E-state index in [0.717, 1.165) is 36.2 Å². The Bertz CT molecular complexity index is 590. The molecule has 0 aliphatic heterocycles. The lowest BCUT2D eigenvalue weighted by molar-refractivity contribution is -0.119. The number of amides is 1. The van der Waals surface area contributed by atoms with E-state index in [1.165, 1.54) is 6.07 Å². The lowest BCUT2D eigenvalue weighted by Gasteiger charge is -2.22. The van der Waals surface area contributed by atoms with Gasteiger partial charge in [0, 0.05) is 11.6 Å². The molecule has 7 heteroatoms. The minimum Gasteiger partial charge on any atom is -0.355 e. The van der Waals surface area contributed by atoms with Crippen LogP contribution in [0.15, 0.2) is 24.3 Å². The van der Waals surface area contributed by atoms with Gasteiger partial charge in [-0.2, -0.15) is 0 Å². The zero-order valence-electron chi connectivity index (χ0n) is 13.0. The molecule has 0 aromatic heterocycles. The molecule has 1 aromatic rings. The van der Waals surface area contributed by atoms with E-state index in [1.54, 1.807) is 18.2 Å². The molecule has 124 valence electrons. The molecule has 0 aliphatic rings. The van der Waals surface area contributed by atoms with E-state index in [9.17, 15) is 13.2 Å². The molecule has 1 rings (SSSR count). The summed E-state index contributed by atoms with van der Waals surface area (Å²) in [4.78, 5) is 11.9. The predicted octanol–water partition coefficient (Wildman–Crippen LogP) is 2.80. The molecule has 0 unspecified atom stereocenters. The van der Waals surface area contributed by atoms with Gasteiger partial charge in [-0.15, -0.1) is 0 Å². The fourth-order valence-corrected chi connectivity index (χ4v) is 3.03. The normalized spacial score (nSPS) is 11.2. The molecule has 0 bridgehead atoms. The highest BCUT2D eigenvalue weighted by Crippen LogP contribution is 2.21. The Morgan fingerprint density at radius 2 is 2.00 bits per heavy atom. The second-order valence-corrected chi connectivity index (χ2v) is 7.50. The first-order valence-corrected chi connectivity index (χ1v) is 9.57. The van der Waals surface area contributed by atoms with Crippen LogP contribution < -0.4 is 9.62 Å². The molecule has 0 heterocycles. The van der Waals surface area contributed by atoms with Crippen LogP contribution in [0.4, 0.5) is 5.69 Å². The SMILES string of the molecule is CCCCCCNC(=O)CN(c1cccc(Cl)c1)S(C)(=O)=O. The molecular weight excluding hydrogens is 324 g/mol. The topological polar surface area (TPSA) is 66.5 Å². The third kappa shape index (κ3) is 6.66. The van der Waals surface area contributed by atoms with E-state index < -0.39 is 10.0 Å². The number of benzene rings is 1. The van der Waals surface area contributed by atoms with Gasteiger partial charge in [0.1, 0.15) is 6.54 Å². The number of carbonyl (C=O) groups is 1. The van der Waals surface area contributed by atoms with Crippen LogP contribution in [0.5, 0.6) is 0 Å². The van der Waals surface area contributed by atoms with Gasteiger partial charge in [0.15, 0.2) is 0 Å². The summed E-state index contributed by atoms with van der Waals surface area (Å²) in [5.74, 6) is -0.318. The summed E-state index contributed by atoms with van der Waals surface area (Å²) in [5, 5.41) is 3.17. The Morgan fingerprint density at radius 3 is 2.59 bits per heavy atom. The Hall–Kier alpha value is -1.27. The third-order valence-electron chi connectivity index (χ3n) is 3.14. The molecule has 0 spiro atoms. The molecule has 22 heavy (non-hydrogen) atoms. The van der Waals surface area contributed by atoms with Gasteiger partial charge in [0.25, 0.3) is 0 Å². The van der Waals surface area contributed by atoms with Crippen molar-refractivity contribution in [3.8, 4) is 0 Å². The standard InChI is InChI=1S/C15H23ClN2O3S/c1-3-4-5-6-10-17-15(19)12-18(22(2,20)21)14-9-7-8-13(16)11-14/h7-9,11H,3-6,10,12H2,1-2H3,(H,17,19). The summed E-state index contributed by atoms with van der Waals surface area (Å²) in [6.07, 6.45) is 5.29. The lowest BCUT2D eigenvalue weighted by atomic mass is 10.2. The van der Waals surface area contributed by atoms with Gasteiger partial charge >= 0.3 is 0 Å². The zero-order chi connectivity index (χ0) is 16.6. The zero-order valence-corrected chi connectivity index (χ0v) is 14.6. The molecule has 1 amide bonds. The van der Waals surface area contributed by atoms with Crippen LogP contribution in [0, 0.1) is 0 Å². The number of unbranched alkanes of at least 4 members (excludes halogenated alkanes) is 3. The highest BCUT2D eigenvalue weighted by atomic mass is 35.5. The number of sulfonamides is 1. The lowest BCUT2D eigenvalue weighted by Crippen LogP contribution is -2.40. The van der Waals surface area contributed by atoms with Crippen molar-refractivity contribution in [3.05, 3.63) is 29.3 Å². The Balaban J connectivity index is 2.65. The molecule has 0 fully saturated rings. The van der Waals surface area contributed by atoms with E-state index in [2.05, 4.69) is 12.2 Å². The number of anilines is 1. The van der Waals surface area contributed by atoms with Crippen molar-refractivity contribution in [2.24, 2.45) is 0 Å². The van der Waals surface area contributed by atoms with E-state index in [1.807, 2.05) is 0 Å². The smallest absolute Gasteiger partial charge is 0.240 e. The number of halogens is 1. The van der Waals surface area contributed by atoms with Crippen LogP contribution in [0.1, 0.15) is 32.6 Å². The summed E-state index contributed by atoms with van der Waals surface area (Å²) in [6.45, 7) is 2.44. The van der Waals surface area contributed by atoms with Crippen molar-refractivity contribution in [1.29, 1.82) is 0 Å². The fraction of sp³-hybridized carbons (Fsp3) is 0.533. The van der Waals surface area contributed by atoms with Crippen LogP contribution in [-0.2, 0) is 14.8 Å². The highest BCUT2D eigenvalue weighted by Gasteiger charge is 2.20. The summed E-state index contributed by atoms with van der Waals surface area (Å²) < 4.78 is 24.8. The van der Waals surface area contributed by atoms with Crippen molar-refractivity contribution in [2.75, 3.05) is 23.7 Å². The largest absolute Gasteiger partial charge is 0.355 e. The number of rotatable bonds is 9. The molecule has 1 N–H and O–H groups in total. The number of carbonyl (C=O) groups excluding carboxylic acids is 1. The van der Waals surface area contributed by atoms with Gasteiger partial charge in [0.2, 0.25) is 15.9 Å². The van der Waals surface area contributed by atoms with E-state index >= 15 is 0 Å². The van der Waals surface area contributed by atoms with Crippen LogP contribution in [-0.4, -0.2) is 33.7 Å². The van der Waals surface area contributed by atoms with Crippen molar-refractivity contribution in [3.63, 3.8) is 0 Å². The van der Waals surface area contributed by atoms with Crippen LogP contribution in [0.2, 0.25) is 5.02 Å². The molecule has 0 aliphatic carbocycles. The average molecular weight is 347 g/mol. The van der Waals surface area contributed by atoms with Crippen molar-refractivity contribution in [1.82, 2.24) is 5.32 Å². The molecule has 5 nitrogen and oxygen atoms in total. The molecule has 1 aromatic carbocycles. The predicted molar refractivity (Wildman–Crippen MR) is 90.8 cm³/mol. The second kappa shape index (κ2) is 9.00. The number of nitrogens with zero attached hydrogens (tertiary/aromatic N) is 1. The Kier molecular flexibility index (Phi) is 7.68. The monoisotopic (exact) mass is 346 g/mol. The summed E-state index contributed by atoms with van der Waals surface area (Å²) in [5.41, 5.74) is 0.385. The first-order valence-electron chi connectivity index (χ1n) is 7.34. The van der Waals surface area contributed by atoms with Gasteiger partial charge in [-0.05, 0) is 24.6 Å². The number of hydrogen-bond donors (Lipinski definition) is 1. The first-order chi connectivity index (χ1) is 10.3. The minimum absolute atomic E-state index is 0.243. The van der Waals surface area contributed by atoms with Crippen LogP contribution >= 0.6 is 11.6 Å². The van der Waals surface area contributed by atoms with Gasteiger partial charge < -0.3 is 5.32 Å². The van der Waals surface area contributed by atoms with Crippen molar-refractivity contribution >= 4 is 33.2 Å². The molecule has 0 atom stereocenters. The average Bonchev–Trinajstić information content (AvgIpc) is 2.43. The van der Waals surface area contributed by atoms with E-state index in [0.29, 0.717) is 17.3 Å². The van der Waals surface area contributed by atoms with Gasteiger partial charge in [-0.3, -0.25) is 9.10 Å². The van der Waals surface area contributed by atoms with E-state index in [-0.39, 0.29) is 12.5 Å². The van der Waals surface area contributed by atoms with Crippen molar-refractivity contribution in [2.45, 2.75) is 32.6 Å². The molecule has 0 saturated carbocycles. The molecule has 0 saturated heterocycles. The summed E-state index contributed by atoms with van der Waals surface area (Å²) in [6, 6.07) is 6.44. The maximum atomic E-state index is 11.9. The molecule has 0 radical (unpaired) electrons. The maximum absolute atomic E-state index is 11.9. The van der Waals surface area contributed by atoms with Crippen molar-refractivity contribution < 1.29 is 13.2 Å². The fourth-order valence-electron chi connectivity index (χ4n) is 2.00. The minimum atomic E-state index is -3.56. The van der Waals surface area contributed by atoms with Gasteiger partial charge in [0.05, 0.1) is 11.9 Å². The van der Waals surface area contributed by atoms with Crippen LogP contribution in [0.25, 0.3) is 0 Å². The quantitative estimate of drug-likeness (QED) is 0.699. The maximum Gasteiger partial charge on any atom is 0.240 e. The van der Waals surface area contributed by atoms with Gasteiger partial charge in [-0.25, -0.2) is 8.42 Å².